The van der Waals surface area contributed by atoms with Crippen LogP contribution in [0.2, 0.25) is 0 Å². The van der Waals surface area contributed by atoms with Crippen LogP contribution in [0.4, 0.5) is 0 Å². The first-order chi connectivity index (χ1) is 10.8. The summed E-state index contributed by atoms with van der Waals surface area (Å²) in [5.74, 6) is 1.75. The Morgan fingerprint density at radius 2 is 2.09 bits per heavy atom. The maximum atomic E-state index is 4.30. The zero-order chi connectivity index (χ0) is 15.4. The van der Waals surface area contributed by atoms with Crippen molar-refractivity contribution in [1.29, 1.82) is 0 Å². The van der Waals surface area contributed by atoms with Crippen LogP contribution >= 0.6 is 0 Å². The first kappa shape index (κ1) is 15.3. The molecule has 2 aliphatic rings. The maximum Gasteiger partial charge on any atom is 0.191 e. The van der Waals surface area contributed by atoms with Gasteiger partial charge in [-0.25, -0.2) is 0 Å². The quantitative estimate of drug-likeness (QED) is 0.496. The molecule has 1 aromatic rings. The van der Waals surface area contributed by atoms with E-state index in [1.807, 2.05) is 7.05 Å². The lowest BCUT2D eigenvalue weighted by Gasteiger charge is -2.28. The monoisotopic (exact) mass is 300 g/mol. The smallest absolute Gasteiger partial charge is 0.191 e. The lowest BCUT2D eigenvalue weighted by atomic mass is 10.00. The average Bonchev–Trinajstić information content (AvgIpc) is 3.25. The van der Waals surface area contributed by atoms with E-state index >= 15 is 0 Å². The normalized spacial score (nSPS) is 24.7. The van der Waals surface area contributed by atoms with Gasteiger partial charge in [-0.05, 0) is 36.3 Å². The van der Waals surface area contributed by atoms with E-state index in [2.05, 4.69) is 51.7 Å². The summed E-state index contributed by atoms with van der Waals surface area (Å²) in [6.45, 7) is 6.70. The Hall–Kier alpha value is -1.55. The van der Waals surface area contributed by atoms with E-state index in [-0.39, 0.29) is 0 Å². The standard InChI is InChI=1S/C18H28N4/c1-14-12-17(14)21-18(19-2)20-9-5-10-22-11-8-15-6-3-4-7-16(15)13-22/h3-4,6-7,14,17H,5,8-13H2,1-2H3,(H2,19,20,21). The highest BCUT2D eigenvalue weighted by Gasteiger charge is 2.33. The van der Waals surface area contributed by atoms with E-state index in [0.717, 1.165) is 37.9 Å². The number of hydrogen-bond donors (Lipinski definition) is 2. The highest BCUT2D eigenvalue weighted by Crippen LogP contribution is 2.28. The molecule has 1 aliphatic carbocycles. The molecule has 1 saturated carbocycles. The van der Waals surface area contributed by atoms with Gasteiger partial charge in [0.25, 0.3) is 0 Å². The van der Waals surface area contributed by atoms with E-state index in [1.54, 1.807) is 0 Å². The number of aliphatic imine (C=N–C) groups is 1. The van der Waals surface area contributed by atoms with Crippen molar-refractivity contribution in [1.82, 2.24) is 15.5 Å². The van der Waals surface area contributed by atoms with E-state index in [0.29, 0.717) is 6.04 Å². The van der Waals surface area contributed by atoms with Gasteiger partial charge in [-0.3, -0.25) is 9.89 Å². The van der Waals surface area contributed by atoms with Crippen LogP contribution in [0.3, 0.4) is 0 Å². The van der Waals surface area contributed by atoms with E-state index in [1.165, 1.54) is 30.5 Å². The fourth-order valence-corrected chi connectivity index (χ4v) is 3.15. The molecule has 2 unspecified atom stereocenters. The lowest BCUT2D eigenvalue weighted by molar-refractivity contribution is 0.251. The van der Waals surface area contributed by atoms with Crippen molar-refractivity contribution in [2.45, 2.75) is 38.8 Å². The first-order valence-electron chi connectivity index (χ1n) is 8.52. The van der Waals surface area contributed by atoms with Crippen LogP contribution in [0.25, 0.3) is 0 Å². The Morgan fingerprint density at radius 1 is 1.32 bits per heavy atom. The molecule has 0 bridgehead atoms. The van der Waals surface area contributed by atoms with Crippen LogP contribution in [0.1, 0.15) is 30.9 Å². The van der Waals surface area contributed by atoms with Gasteiger partial charge in [0.15, 0.2) is 5.96 Å². The summed E-state index contributed by atoms with van der Waals surface area (Å²) in [5.41, 5.74) is 3.03. The van der Waals surface area contributed by atoms with Gasteiger partial charge < -0.3 is 10.6 Å². The summed E-state index contributed by atoms with van der Waals surface area (Å²) in [6, 6.07) is 9.46. The molecule has 0 amide bonds. The lowest BCUT2D eigenvalue weighted by Crippen LogP contribution is -2.40. The summed E-state index contributed by atoms with van der Waals surface area (Å²) in [5, 5.41) is 6.90. The number of rotatable bonds is 5. The Balaban J connectivity index is 1.35. The van der Waals surface area contributed by atoms with Gasteiger partial charge in [-0.15, -0.1) is 0 Å². The topological polar surface area (TPSA) is 39.7 Å². The second-order valence-electron chi connectivity index (χ2n) is 6.61. The summed E-state index contributed by atoms with van der Waals surface area (Å²) >= 11 is 0. The third-order valence-electron chi connectivity index (χ3n) is 4.81. The molecule has 0 aromatic heterocycles. The predicted molar refractivity (Wildman–Crippen MR) is 92.1 cm³/mol. The van der Waals surface area contributed by atoms with Gasteiger partial charge in [0.1, 0.15) is 0 Å². The highest BCUT2D eigenvalue weighted by molar-refractivity contribution is 5.80. The van der Waals surface area contributed by atoms with Gasteiger partial charge in [-0.1, -0.05) is 31.2 Å². The summed E-state index contributed by atoms with van der Waals surface area (Å²) in [7, 11) is 1.85. The predicted octanol–water partition coefficient (Wildman–Crippen LogP) is 2.01. The van der Waals surface area contributed by atoms with Gasteiger partial charge >= 0.3 is 0 Å². The largest absolute Gasteiger partial charge is 0.356 e. The molecule has 1 heterocycles. The van der Waals surface area contributed by atoms with Crippen LogP contribution in [0, 0.1) is 5.92 Å². The van der Waals surface area contributed by atoms with Crippen molar-refractivity contribution in [3.05, 3.63) is 35.4 Å². The Morgan fingerprint density at radius 3 is 2.82 bits per heavy atom. The van der Waals surface area contributed by atoms with E-state index in [9.17, 15) is 0 Å². The summed E-state index contributed by atoms with van der Waals surface area (Å²) in [6.07, 6.45) is 3.61. The SMILES string of the molecule is CN=C(NCCCN1CCc2ccccc2C1)NC1CC1C. The van der Waals surface area contributed by atoms with Crippen molar-refractivity contribution in [3.63, 3.8) is 0 Å². The number of benzene rings is 1. The number of nitrogens with zero attached hydrogens (tertiary/aromatic N) is 2. The molecule has 0 spiro atoms. The zero-order valence-electron chi connectivity index (χ0n) is 13.8. The molecule has 2 atom stereocenters. The molecule has 120 valence electrons. The molecular formula is C18H28N4. The van der Waals surface area contributed by atoms with Gasteiger partial charge in [0, 0.05) is 39.3 Å². The zero-order valence-corrected chi connectivity index (χ0v) is 13.8. The van der Waals surface area contributed by atoms with Crippen LogP contribution in [-0.2, 0) is 13.0 Å². The Kier molecular flexibility index (Phi) is 4.98. The van der Waals surface area contributed by atoms with Crippen molar-refractivity contribution in [3.8, 4) is 0 Å². The molecule has 0 radical (unpaired) electrons. The van der Waals surface area contributed by atoms with E-state index in [4.69, 9.17) is 0 Å². The molecule has 4 nitrogen and oxygen atoms in total. The molecule has 1 aliphatic heterocycles. The van der Waals surface area contributed by atoms with Gasteiger partial charge in [-0.2, -0.15) is 0 Å². The Bertz CT molecular complexity index is 526. The van der Waals surface area contributed by atoms with Gasteiger partial charge in [0.05, 0.1) is 0 Å². The number of hydrogen-bond acceptors (Lipinski definition) is 2. The van der Waals surface area contributed by atoms with Crippen molar-refractivity contribution >= 4 is 5.96 Å². The molecule has 3 rings (SSSR count). The third kappa shape index (κ3) is 4.01. The number of fused-ring (bicyclic) bond motifs is 1. The molecule has 0 saturated heterocycles. The average molecular weight is 300 g/mol. The van der Waals surface area contributed by atoms with Crippen LogP contribution in [-0.4, -0.2) is 43.6 Å². The van der Waals surface area contributed by atoms with Crippen LogP contribution in [0.5, 0.6) is 0 Å². The van der Waals surface area contributed by atoms with E-state index < -0.39 is 0 Å². The third-order valence-corrected chi connectivity index (χ3v) is 4.81. The second kappa shape index (κ2) is 7.14. The van der Waals surface area contributed by atoms with Crippen molar-refractivity contribution in [2.24, 2.45) is 10.9 Å². The van der Waals surface area contributed by atoms with Crippen LogP contribution in [0.15, 0.2) is 29.3 Å². The minimum atomic E-state index is 0.629. The molecular weight excluding hydrogens is 272 g/mol. The minimum Gasteiger partial charge on any atom is -0.356 e. The highest BCUT2D eigenvalue weighted by atomic mass is 15.2. The van der Waals surface area contributed by atoms with Gasteiger partial charge in [0.2, 0.25) is 0 Å². The molecule has 4 heteroatoms. The maximum absolute atomic E-state index is 4.30. The minimum absolute atomic E-state index is 0.629. The molecule has 2 N–H and O–H groups in total. The molecule has 1 aromatic carbocycles. The summed E-state index contributed by atoms with van der Waals surface area (Å²) in [4.78, 5) is 6.86. The van der Waals surface area contributed by atoms with Crippen LogP contribution < -0.4 is 10.6 Å². The fourth-order valence-electron chi connectivity index (χ4n) is 3.15. The fraction of sp³-hybridized carbons (Fsp3) is 0.611. The molecule has 1 fully saturated rings. The number of guanidine groups is 1. The number of nitrogens with one attached hydrogen (secondary N) is 2. The second-order valence-corrected chi connectivity index (χ2v) is 6.61. The van der Waals surface area contributed by atoms with Crippen molar-refractivity contribution in [2.75, 3.05) is 26.7 Å². The summed E-state index contributed by atoms with van der Waals surface area (Å²) < 4.78 is 0. The first-order valence-corrected chi connectivity index (χ1v) is 8.52. The molecule has 22 heavy (non-hydrogen) atoms. The Labute approximate surface area is 134 Å². The van der Waals surface area contributed by atoms with Crippen molar-refractivity contribution < 1.29 is 0 Å².